The topological polar surface area (TPSA) is 156 Å². The number of hydrogen-bond acceptors (Lipinski definition) is 8. The second-order valence-electron chi connectivity index (χ2n) is 11.9. The van der Waals surface area contributed by atoms with E-state index >= 15 is 0 Å². The third kappa shape index (κ3) is 7.04. The van der Waals surface area contributed by atoms with E-state index in [4.69, 9.17) is 5.48 Å². The van der Waals surface area contributed by atoms with Crippen LogP contribution in [0.15, 0.2) is 0 Å². The molecule has 12 heteroatoms. The zero-order valence-corrected chi connectivity index (χ0v) is 28.0. The number of carbonyl (C=O) groups is 2. The first kappa shape index (κ1) is 28.9. The summed E-state index contributed by atoms with van der Waals surface area (Å²) in [6.45, 7) is 5.46. The molecule has 4 saturated carbocycles. The van der Waals surface area contributed by atoms with Crippen LogP contribution in [0.1, 0.15) is 90.4 Å². The van der Waals surface area contributed by atoms with E-state index in [1.165, 1.54) is 0 Å². The Bertz CT molecular complexity index is 1130. The summed E-state index contributed by atoms with van der Waals surface area (Å²) < 4.78 is 73.5. The second kappa shape index (κ2) is 13.4. The van der Waals surface area contributed by atoms with Crippen LogP contribution in [-0.4, -0.2) is 48.7 Å². The third-order valence-electron chi connectivity index (χ3n) is 10.2. The standard InChI is InChI=1S/C26H43NO8S.2Na/c1-15(4-9-23(29)27-14-24(30)31)19-7-8-20-18-6-5-16-12-17(35-36(32,33)34)10-11-25(16,2)21(18)13-22(28)26(19,20)3;;/h15-22,28H,4-14H2,1-3H3,(H,27,29)(H,30,31)(H,32,33,34);;/q;2*+1/p-2/t15-,16-,17-,18?,19-,20?,21+,22+,25+,26-;;/m1../s1/i10D2,12D2;;. The van der Waals surface area contributed by atoms with E-state index < -0.39 is 64.6 Å². The fourth-order valence-corrected chi connectivity index (χ4v) is 8.82. The molecule has 4 rings (SSSR count). The maximum absolute atomic E-state index is 12.1. The van der Waals surface area contributed by atoms with E-state index in [0.29, 0.717) is 25.7 Å². The van der Waals surface area contributed by atoms with Crippen molar-refractivity contribution in [3.05, 3.63) is 0 Å². The van der Waals surface area contributed by atoms with Crippen LogP contribution in [0.4, 0.5) is 0 Å². The molecule has 0 saturated heterocycles. The molecule has 4 aliphatic rings. The molecule has 206 valence electrons. The van der Waals surface area contributed by atoms with Crippen LogP contribution in [0, 0.1) is 46.3 Å². The van der Waals surface area contributed by atoms with E-state index in [9.17, 15) is 32.8 Å². The van der Waals surface area contributed by atoms with Crippen molar-refractivity contribution in [3.8, 4) is 0 Å². The van der Waals surface area contributed by atoms with Crippen LogP contribution in [0.25, 0.3) is 0 Å². The number of carboxylic acids is 1. The van der Waals surface area contributed by atoms with Crippen molar-refractivity contribution in [1.29, 1.82) is 0 Å². The molecule has 38 heavy (non-hydrogen) atoms. The molecule has 0 aliphatic heterocycles. The SMILES string of the molecule is [2H]C1([2H])C[C@@]2(C)[C@H](CCC3C4CC[C@H]([C@H](C)CCC(=O)NCC(=O)[O-])[C@@]4(C)[C@@H](O)C[C@@H]32)C([2H])([2H])[C@@H]1OS(=O)(=O)[O-].[Na+].[Na+]. The maximum atomic E-state index is 12.1. The van der Waals surface area contributed by atoms with E-state index in [0.717, 1.165) is 12.8 Å². The van der Waals surface area contributed by atoms with Crippen molar-refractivity contribution < 1.29 is 102 Å². The number of amides is 1. The predicted octanol–water partition coefficient (Wildman–Crippen LogP) is -4.25. The van der Waals surface area contributed by atoms with Gasteiger partial charge in [-0.05, 0) is 104 Å². The molecule has 1 amide bonds. The summed E-state index contributed by atoms with van der Waals surface area (Å²) in [5.41, 5.74) is -1.33. The van der Waals surface area contributed by atoms with Gasteiger partial charge in [0.05, 0.1) is 24.7 Å². The summed E-state index contributed by atoms with van der Waals surface area (Å²) in [5.74, 6) is -2.21. The van der Waals surface area contributed by atoms with Crippen molar-refractivity contribution in [2.45, 2.75) is 97.1 Å². The van der Waals surface area contributed by atoms with E-state index in [-0.39, 0.29) is 107 Å². The molecule has 0 aromatic carbocycles. The Hall–Kier alpha value is 0.770. The number of hydrogen-bond donors (Lipinski definition) is 2. The van der Waals surface area contributed by atoms with Gasteiger partial charge in [0.2, 0.25) is 16.3 Å². The zero-order valence-electron chi connectivity index (χ0n) is 27.2. The largest absolute Gasteiger partial charge is 1.00 e. The Morgan fingerprint density at radius 1 is 1.18 bits per heavy atom. The van der Waals surface area contributed by atoms with Gasteiger partial charge in [0.15, 0.2) is 0 Å². The minimum Gasteiger partial charge on any atom is -0.726 e. The van der Waals surface area contributed by atoms with Crippen LogP contribution in [0.3, 0.4) is 0 Å². The molecule has 4 fully saturated rings. The molecule has 10 atom stereocenters. The van der Waals surface area contributed by atoms with E-state index in [1.807, 2.05) is 6.92 Å². The normalized spacial score (nSPS) is 45.0. The molecule has 9 nitrogen and oxygen atoms in total. The van der Waals surface area contributed by atoms with Gasteiger partial charge in [-0.2, -0.15) is 0 Å². The third-order valence-corrected chi connectivity index (χ3v) is 10.7. The predicted molar refractivity (Wildman–Crippen MR) is 128 cm³/mol. The molecule has 0 aromatic heterocycles. The van der Waals surface area contributed by atoms with Crippen LogP contribution >= 0.6 is 0 Å². The summed E-state index contributed by atoms with van der Waals surface area (Å²) in [6.07, 6.45) is -3.98. The molecular formula is C26H41NNa2O8S. The molecule has 0 radical (unpaired) electrons. The molecule has 0 spiro atoms. The number of carbonyl (C=O) groups excluding carboxylic acids is 2. The van der Waals surface area contributed by atoms with Gasteiger partial charge in [0.25, 0.3) is 0 Å². The van der Waals surface area contributed by atoms with Crippen molar-refractivity contribution in [2.75, 3.05) is 6.54 Å². The average molecular weight is 578 g/mol. The quantitative estimate of drug-likeness (QED) is 0.167. The first-order valence-corrected chi connectivity index (χ1v) is 14.4. The molecule has 2 unspecified atom stereocenters. The van der Waals surface area contributed by atoms with Crippen LogP contribution in [0.5, 0.6) is 0 Å². The molecule has 0 aromatic rings. The van der Waals surface area contributed by atoms with Crippen LogP contribution < -0.4 is 69.5 Å². The minimum absolute atomic E-state index is 0. The van der Waals surface area contributed by atoms with Gasteiger partial charge in [-0.15, -0.1) is 0 Å². The average Bonchev–Trinajstić information content (AvgIpc) is 3.17. The molecule has 2 N–H and O–H groups in total. The number of fused-ring (bicyclic) bond motifs is 5. The fraction of sp³-hybridized carbons (Fsp3) is 0.923. The number of rotatable bonds is 8. The number of aliphatic carboxylic acids is 1. The van der Waals surface area contributed by atoms with E-state index in [2.05, 4.69) is 23.3 Å². The van der Waals surface area contributed by atoms with Crippen molar-refractivity contribution in [3.63, 3.8) is 0 Å². The zero-order chi connectivity index (χ0) is 30.1. The van der Waals surface area contributed by atoms with Gasteiger partial charge < -0.3 is 24.9 Å². The molecule has 4 aliphatic carbocycles. The Kier molecular flexibility index (Phi) is 10.2. The molecule has 0 bridgehead atoms. The van der Waals surface area contributed by atoms with Crippen molar-refractivity contribution >= 4 is 22.3 Å². The van der Waals surface area contributed by atoms with Gasteiger partial charge in [0.1, 0.15) is 0 Å². The van der Waals surface area contributed by atoms with Crippen molar-refractivity contribution in [2.24, 2.45) is 46.3 Å². The number of aliphatic hydroxyl groups excluding tert-OH is 1. The number of aliphatic hydroxyl groups is 1. The Balaban J connectivity index is 0.00000308. The summed E-state index contributed by atoms with van der Waals surface area (Å²) in [4.78, 5) is 22.7. The van der Waals surface area contributed by atoms with Gasteiger partial charge in [0, 0.05) is 11.9 Å². The van der Waals surface area contributed by atoms with Gasteiger partial charge in [-0.1, -0.05) is 20.8 Å². The summed E-state index contributed by atoms with van der Waals surface area (Å²) >= 11 is 0. The second-order valence-corrected chi connectivity index (χ2v) is 12.9. The summed E-state index contributed by atoms with van der Waals surface area (Å²) in [7, 11) is -5.33. The first-order chi connectivity index (χ1) is 18.2. The number of nitrogens with one attached hydrogen (secondary N) is 1. The maximum Gasteiger partial charge on any atom is 1.00 e. The summed E-state index contributed by atoms with van der Waals surface area (Å²) in [5, 5.41) is 24.6. The van der Waals surface area contributed by atoms with Crippen LogP contribution in [-0.2, 0) is 24.2 Å². The Morgan fingerprint density at radius 3 is 2.50 bits per heavy atom. The monoisotopic (exact) mass is 577 g/mol. The van der Waals surface area contributed by atoms with E-state index in [1.54, 1.807) is 0 Å². The van der Waals surface area contributed by atoms with Crippen molar-refractivity contribution in [1.82, 2.24) is 5.32 Å². The van der Waals surface area contributed by atoms with Crippen LogP contribution in [0.2, 0.25) is 0 Å². The molecular weight excluding hydrogens is 532 g/mol. The minimum atomic E-state index is -5.33. The smallest absolute Gasteiger partial charge is 0.726 e. The molecule has 0 heterocycles. The Morgan fingerprint density at radius 2 is 1.87 bits per heavy atom. The number of carboxylic acid groups (broad SMARTS) is 1. The fourth-order valence-electron chi connectivity index (χ4n) is 8.46. The summed E-state index contributed by atoms with van der Waals surface area (Å²) in [6, 6.07) is 0. The van der Waals surface area contributed by atoms with Gasteiger partial charge >= 0.3 is 59.1 Å². The van der Waals surface area contributed by atoms with Gasteiger partial charge in [-0.25, -0.2) is 8.42 Å². The Labute approximate surface area is 277 Å². The van der Waals surface area contributed by atoms with Gasteiger partial charge in [-0.3, -0.25) is 8.98 Å². The first-order valence-electron chi connectivity index (χ1n) is 15.0.